The molecule has 112 valence electrons. The van der Waals surface area contributed by atoms with E-state index < -0.39 is 11.7 Å². The summed E-state index contributed by atoms with van der Waals surface area (Å²) in [5, 5.41) is 2.66. The van der Waals surface area contributed by atoms with Gasteiger partial charge in [-0.15, -0.1) is 0 Å². The number of hydrogen-bond acceptors (Lipinski definition) is 2. The molecule has 7 heteroatoms. The van der Waals surface area contributed by atoms with Gasteiger partial charge in [0, 0.05) is 24.9 Å². The monoisotopic (exact) mass is 297 g/mol. The van der Waals surface area contributed by atoms with Crippen molar-refractivity contribution >= 4 is 5.91 Å². The molecule has 0 radical (unpaired) electrons. The highest BCUT2D eigenvalue weighted by Crippen LogP contribution is 2.29. The number of rotatable bonds is 5. The molecule has 1 aromatic heterocycles. The molecule has 0 aliphatic carbocycles. The number of aromatic amines is 1. The number of carbonyl (C=O) groups is 1. The summed E-state index contributed by atoms with van der Waals surface area (Å²) in [5.74, 6) is -0.311. The van der Waals surface area contributed by atoms with E-state index in [1.807, 2.05) is 0 Å². The molecule has 2 rings (SSSR count). The maximum atomic E-state index is 12.6. The minimum absolute atomic E-state index is 0.0765. The van der Waals surface area contributed by atoms with Crippen molar-refractivity contribution in [1.29, 1.82) is 0 Å². The Kier molecular flexibility index (Phi) is 4.62. The van der Waals surface area contributed by atoms with E-state index in [0.717, 1.165) is 17.8 Å². The SMILES string of the molecule is O=C(Cc1cccc(C(F)(F)F)c1)NCCc1cnc[nH]1. The average Bonchev–Trinajstić information content (AvgIpc) is 2.91. The molecule has 1 aromatic carbocycles. The Balaban J connectivity index is 1.85. The predicted octanol–water partition coefficient (Wildman–Crippen LogP) is 2.33. The number of benzene rings is 1. The molecule has 0 saturated heterocycles. The Hall–Kier alpha value is -2.31. The summed E-state index contributed by atoms with van der Waals surface area (Å²) in [7, 11) is 0. The zero-order valence-electron chi connectivity index (χ0n) is 11.1. The van der Waals surface area contributed by atoms with Gasteiger partial charge in [0.2, 0.25) is 5.91 Å². The van der Waals surface area contributed by atoms with Crippen molar-refractivity contribution in [3.8, 4) is 0 Å². The van der Waals surface area contributed by atoms with Gasteiger partial charge in [0.05, 0.1) is 18.3 Å². The number of halogens is 3. The van der Waals surface area contributed by atoms with Crippen LogP contribution in [-0.4, -0.2) is 22.4 Å². The summed E-state index contributed by atoms with van der Waals surface area (Å²) in [4.78, 5) is 18.4. The number of H-pyrrole nitrogens is 1. The molecule has 0 spiro atoms. The highest BCUT2D eigenvalue weighted by atomic mass is 19.4. The summed E-state index contributed by atoms with van der Waals surface area (Å²) in [6, 6.07) is 4.79. The van der Waals surface area contributed by atoms with Crippen molar-refractivity contribution in [2.75, 3.05) is 6.54 Å². The second-order valence-electron chi connectivity index (χ2n) is 4.55. The third-order valence-corrected chi connectivity index (χ3v) is 2.89. The quantitative estimate of drug-likeness (QED) is 0.890. The number of alkyl halides is 3. The molecule has 1 amide bonds. The Morgan fingerprint density at radius 2 is 2.14 bits per heavy atom. The third-order valence-electron chi connectivity index (χ3n) is 2.89. The molecule has 0 unspecified atom stereocenters. The van der Waals surface area contributed by atoms with E-state index in [9.17, 15) is 18.0 Å². The van der Waals surface area contributed by atoms with Gasteiger partial charge < -0.3 is 10.3 Å². The topological polar surface area (TPSA) is 57.8 Å². The maximum Gasteiger partial charge on any atom is 0.416 e. The van der Waals surface area contributed by atoms with Crippen molar-refractivity contribution in [2.24, 2.45) is 0 Å². The lowest BCUT2D eigenvalue weighted by Crippen LogP contribution is -2.27. The Bertz CT molecular complexity index is 594. The van der Waals surface area contributed by atoms with Crippen molar-refractivity contribution in [2.45, 2.75) is 19.0 Å². The number of nitrogens with zero attached hydrogens (tertiary/aromatic N) is 1. The van der Waals surface area contributed by atoms with Crippen LogP contribution >= 0.6 is 0 Å². The van der Waals surface area contributed by atoms with E-state index in [-0.39, 0.29) is 12.3 Å². The van der Waals surface area contributed by atoms with Gasteiger partial charge in [0.1, 0.15) is 0 Å². The van der Waals surface area contributed by atoms with Gasteiger partial charge in [-0.1, -0.05) is 18.2 Å². The minimum atomic E-state index is -4.40. The van der Waals surface area contributed by atoms with Crippen LogP contribution < -0.4 is 5.32 Å². The normalized spacial score (nSPS) is 11.4. The zero-order chi connectivity index (χ0) is 15.3. The number of hydrogen-bond donors (Lipinski definition) is 2. The standard InChI is InChI=1S/C14H14F3N3O/c15-14(16,17)11-3-1-2-10(6-11)7-13(21)19-5-4-12-8-18-9-20-12/h1-3,6,8-9H,4-5,7H2,(H,18,20)(H,19,21). The lowest BCUT2D eigenvalue weighted by molar-refractivity contribution is -0.137. The first-order valence-corrected chi connectivity index (χ1v) is 6.35. The highest BCUT2D eigenvalue weighted by Gasteiger charge is 2.30. The molecule has 0 aliphatic rings. The smallest absolute Gasteiger partial charge is 0.355 e. The molecule has 0 aliphatic heterocycles. The molecule has 0 bridgehead atoms. The highest BCUT2D eigenvalue weighted by molar-refractivity contribution is 5.78. The summed E-state index contributed by atoms with van der Waals surface area (Å²) in [5.41, 5.74) is 0.475. The first-order chi connectivity index (χ1) is 9.95. The zero-order valence-corrected chi connectivity index (χ0v) is 11.1. The second kappa shape index (κ2) is 6.43. The first kappa shape index (κ1) is 15.1. The van der Waals surface area contributed by atoms with E-state index in [1.54, 1.807) is 12.5 Å². The number of imidazole rings is 1. The van der Waals surface area contributed by atoms with E-state index in [4.69, 9.17) is 0 Å². The summed E-state index contributed by atoms with van der Waals surface area (Å²) >= 11 is 0. The molecule has 2 aromatic rings. The fourth-order valence-electron chi connectivity index (χ4n) is 1.86. The molecule has 0 fully saturated rings. The summed E-state index contributed by atoms with van der Waals surface area (Å²) in [6.45, 7) is 0.403. The van der Waals surface area contributed by atoms with Crippen LogP contribution in [0.3, 0.4) is 0 Å². The van der Waals surface area contributed by atoms with Crippen molar-refractivity contribution in [3.05, 3.63) is 53.6 Å². The van der Waals surface area contributed by atoms with Crippen LogP contribution in [0.4, 0.5) is 13.2 Å². The lowest BCUT2D eigenvalue weighted by atomic mass is 10.1. The molecule has 4 nitrogen and oxygen atoms in total. The van der Waals surface area contributed by atoms with Crippen LogP contribution in [0.2, 0.25) is 0 Å². The summed E-state index contributed by atoms with van der Waals surface area (Å²) < 4.78 is 37.7. The summed E-state index contributed by atoms with van der Waals surface area (Å²) in [6.07, 6.45) is -0.687. The number of amides is 1. The van der Waals surface area contributed by atoms with Crippen molar-refractivity contribution in [1.82, 2.24) is 15.3 Å². The van der Waals surface area contributed by atoms with E-state index >= 15 is 0 Å². The first-order valence-electron chi connectivity index (χ1n) is 6.35. The van der Waals surface area contributed by atoms with Crippen LogP contribution in [0.25, 0.3) is 0 Å². The molecule has 2 N–H and O–H groups in total. The van der Waals surface area contributed by atoms with Gasteiger partial charge in [-0.05, 0) is 11.6 Å². The van der Waals surface area contributed by atoms with Crippen LogP contribution in [0, 0.1) is 0 Å². The van der Waals surface area contributed by atoms with Gasteiger partial charge in [-0.25, -0.2) is 4.98 Å². The predicted molar refractivity (Wildman–Crippen MR) is 70.4 cm³/mol. The van der Waals surface area contributed by atoms with Crippen molar-refractivity contribution < 1.29 is 18.0 Å². The third kappa shape index (κ3) is 4.62. The van der Waals surface area contributed by atoms with Crippen LogP contribution in [0.15, 0.2) is 36.8 Å². The van der Waals surface area contributed by atoms with Gasteiger partial charge in [0.15, 0.2) is 0 Å². The Labute approximate surface area is 119 Å². The van der Waals surface area contributed by atoms with Gasteiger partial charge in [-0.2, -0.15) is 13.2 Å². The van der Waals surface area contributed by atoms with Gasteiger partial charge >= 0.3 is 6.18 Å². The molecular formula is C14H14F3N3O. The van der Waals surface area contributed by atoms with Gasteiger partial charge in [0.25, 0.3) is 0 Å². The fourth-order valence-corrected chi connectivity index (χ4v) is 1.86. The van der Waals surface area contributed by atoms with Crippen LogP contribution in [-0.2, 0) is 23.8 Å². The maximum absolute atomic E-state index is 12.6. The minimum Gasteiger partial charge on any atom is -0.355 e. The molecule has 0 saturated carbocycles. The van der Waals surface area contributed by atoms with Crippen molar-refractivity contribution in [3.63, 3.8) is 0 Å². The molecule has 21 heavy (non-hydrogen) atoms. The number of nitrogens with one attached hydrogen (secondary N) is 2. The van der Waals surface area contributed by atoms with Gasteiger partial charge in [-0.3, -0.25) is 4.79 Å². The fraction of sp³-hybridized carbons (Fsp3) is 0.286. The second-order valence-corrected chi connectivity index (χ2v) is 4.55. The van der Waals surface area contributed by atoms with E-state index in [2.05, 4.69) is 15.3 Å². The Morgan fingerprint density at radius 1 is 1.33 bits per heavy atom. The van der Waals surface area contributed by atoms with Crippen LogP contribution in [0.1, 0.15) is 16.8 Å². The average molecular weight is 297 g/mol. The number of carbonyl (C=O) groups excluding carboxylic acids is 1. The van der Waals surface area contributed by atoms with E-state index in [1.165, 1.54) is 12.1 Å². The van der Waals surface area contributed by atoms with E-state index in [0.29, 0.717) is 18.5 Å². The molecule has 0 atom stereocenters. The molecular weight excluding hydrogens is 283 g/mol. The molecule has 1 heterocycles. The van der Waals surface area contributed by atoms with Crippen LogP contribution in [0.5, 0.6) is 0 Å². The lowest BCUT2D eigenvalue weighted by Gasteiger charge is -2.09. The number of aromatic nitrogens is 2. The largest absolute Gasteiger partial charge is 0.416 e. The Morgan fingerprint density at radius 3 is 2.81 bits per heavy atom.